The maximum Gasteiger partial charge on any atom is 0.573 e. The van der Waals surface area contributed by atoms with Crippen LogP contribution in [0.4, 0.5) is 23.7 Å². The first-order valence-electron chi connectivity index (χ1n) is 14.6. The van der Waals surface area contributed by atoms with E-state index in [1.807, 2.05) is 13.8 Å². The largest absolute Gasteiger partial charge is 0.573 e. The van der Waals surface area contributed by atoms with Gasteiger partial charge in [0.1, 0.15) is 16.9 Å². The Hall–Kier alpha value is -3.85. The Morgan fingerprint density at radius 2 is 1.63 bits per heavy atom. The minimum absolute atomic E-state index is 0.120. The number of ether oxygens (including phenoxy) is 2. The summed E-state index contributed by atoms with van der Waals surface area (Å²) in [6.45, 7) is 10.3. The number of halogens is 3. The molecule has 2 aromatic rings. The number of hydrogen-bond acceptors (Lipinski definition) is 7. The van der Waals surface area contributed by atoms with Crippen molar-refractivity contribution >= 4 is 33.6 Å². The molecule has 1 saturated heterocycles. The summed E-state index contributed by atoms with van der Waals surface area (Å²) in [5.41, 5.74) is 6.17. The molecule has 1 aliphatic rings. The molecule has 3 amide bonds. The third-order valence-electron chi connectivity index (χ3n) is 7.83. The zero-order valence-corrected chi connectivity index (χ0v) is 27.8. The van der Waals surface area contributed by atoms with Gasteiger partial charge in [-0.15, -0.1) is 13.2 Å². The Bertz CT molecular complexity index is 1560. The number of carbonyl (C=O) groups excluding carboxylic acids is 3. The molecule has 0 bridgehead atoms. The SMILES string of the molecule is Cc1cc(N(C)C(=O)OC(C)(C)C)cc(C)c1CC(C)S(=O)(=O)N1CCC(NC(=O)c2cccc(OC(F)(F)F)c2)(C(N)=O)CC1. The molecule has 1 unspecified atom stereocenters. The molecule has 1 atom stereocenters. The summed E-state index contributed by atoms with van der Waals surface area (Å²) in [6, 6.07) is 7.94. The van der Waals surface area contributed by atoms with E-state index in [0.717, 1.165) is 28.8 Å². The normalized spacial score (nSPS) is 16.3. The number of carbonyl (C=O) groups is 3. The fourth-order valence-electron chi connectivity index (χ4n) is 5.25. The summed E-state index contributed by atoms with van der Waals surface area (Å²) in [5, 5.41) is 1.66. The lowest BCUT2D eigenvalue weighted by Gasteiger charge is -2.40. The van der Waals surface area contributed by atoms with Gasteiger partial charge in [0, 0.05) is 31.4 Å². The molecule has 2 aromatic carbocycles. The molecule has 15 heteroatoms. The van der Waals surface area contributed by atoms with Crippen LogP contribution in [0.25, 0.3) is 0 Å². The van der Waals surface area contributed by atoms with Gasteiger partial charge in [-0.1, -0.05) is 6.07 Å². The highest BCUT2D eigenvalue weighted by Crippen LogP contribution is 2.30. The van der Waals surface area contributed by atoms with Gasteiger partial charge >= 0.3 is 12.5 Å². The van der Waals surface area contributed by atoms with E-state index in [1.165, 1.54) is 21.3 Å². The first-order valence-corrected chi connectivity index (χ1v) is 16.1. The second-order valence-corrected chi connectivity index (χ2v) is 14.9. The lowest BCUT2D eigenvalue weighted by atomic mass is 9.87. The quantitative estimate of drug-likeness (QED) is 0.397. The van der Waals surface area contributed by atoms with Crippen LogP contribution in [-0.2, 0) is 26.0 Å². The average Bonchev–Trinajstić information content (AvgIpc) is 2.92. The molecule has 3 rings (SSSR count). The van der Waals surface area contributed by atoms with Crippen LogP contribution in [0.15, 0.2) is 36.4 Å². The number of hydrogen-bond donors (Lipinski definition) is 2. The number of piperidine rings is 1. The van der Waals surface area contributed by atoms with Crippen molar-refractivity contribution in [3.63, 3.8) is 0 Å². The van der Waals surface area contributed by atoms with E-state index in [2.05, 4.69) is 10.1 Å². The van der Waals surface area contributed by atoms with Gasteiger partial charge in [0.25, 0.3) is 5.91 Å². The molecule has 254 valence electrons. The molecule has 0 aliphatic carbocycles. The van der Waals surface area contributed by atoms with Gasteiger partial charge in [-0.25, -0.2) is 17.5 Å². The molecule has 0 saturated carbocycles. The van der Waals surface area contributed by atoms with E-state index >= 15 is 0 Å². The number of anilines is 1. The molecule has 0 aromatic heterocycles. The van der Waals surface area contributed by atoms with Crippen molar-refractivity contribution in [3.8, 4) is 5.75 Å². The molecule has 3 N–H and O–H groups in total. The maximum absolute atomic E-state index is 13.6. The molecule has 0 spiro atoms. The molecule has 1 fully saturated rings. The van der Waals surface area contributed by atoms with Gasteiger partial charge in [-0.2, -0.15) is 0 Å². The van der Waals surface area contributed by atoms with E-state index in [1.54, 1.807) is 46.9 Å². The van der Waals surface area contributed by atoms with E-state index < -0.39 is 56.4 Å². The fourth-order valence-corrected chi connectivity index (χ4v) is 6.83. The van der Waals surface area contributed by atoms with Crippen LogP contribution < -0.4 is 20.7 Å². The second-order valence-electron chi connectivity index (χ2n) is 12.5. The Balaban J connectivity index is 1.71. The molecule has 0 radical (unpaired) electrons. The van der Waals surface area contributed by atoms with Gasteiger partial charge in [-0.05, 0) is 108 Å². The first kappa shape index (κ1) is 36.6. The smallest absolute Gasteiger partial charge is 0.443 e. The van der Waals surface area contributed by atoms with Crippen LogP contribution in [0.1, 0.15) is 67.6 Å². The maximum atomic E-state index is 13.6. The Morgan fingerprint density at radius 1 is 1.07 bits per heavy atom. The lowest BCUT2D eigenvalue weighted by molar-refractivity contribution is -0.274. The number of alkyl halides is 3. The van der Waals surface area contributed by atoms with Crippen molar-refractivity contribution < 1.29 is 45.4 Å². The predicted octanol–water partition coefficient (Wildman–Crippen LogP) is 4.58. The number of nitrogens with one attached hydrogen (secondary N) is 1. The summed E-state index contributed by atoms with van der Waals surface area (Å²) in [6.07, 6.45) is -5.57. The Morgan fingerprint density at radius 3 is 2.13 bits per heavy atom. The zero-order valence-electron chi connectivity index (χ0n) is 26.9. The van der Waals surface area contributed by atoms with Crippen molar-refractivity contribution in [2.75, 3.05) is 25.0 Å². The number of primary amides is 1. The molecule has 11 nitrogen and oxygen atoms in total. The first-order chi connectivity index (χ1) is 21.0. The van der Waals surface area contributed by atoms with Gasteiger partial charge < -0.3 is 20.5 Å². The second kappa shape index (κ2) is 13.5. The van der Waals surface area contributed by atoms with E-state index in [0.29, 0.717) is 5.69 Å². The molecular weight excluding hydrogens is 629 g/mol. The Kier molecular flexibility index (Phi) is 10.7. The van der Waals surface area contributed by atoms with E-state index in [9.17, 15) is 36.0 Å². The van der Waals surface area contributed by atoms with Crippen LogP contribution in [-0.4, -0.2) is 73.5 Å². The third-order valence-corrected chi connectivity index (χ3v) is 10.1. The van der Waals surface area contributed by atoms with Crippen LogP contribution in [0, 0.1) is 13.8 Å². The van der Waals surface area contributed by atoms with Crippen molar-refractivity contribution in [3.05, 3.63) is 58.7 Å². The average molecular weight is 671 g/mol. The monoisotopic (exact) mass is 670 g/mol. The summed E-state index contributed by atoms with van der Waals surface area (Å²) >= 11 is 0. The number of sulfonamides is 1. The highest BCUT2D eigenvalue weighted by atomic mass is 32.2. The minimum atomic E-state index is -4.96. The highest BCUT2D eigenvalue weighted by Gasteiger charge is 2.45. The standard InChI is InChI=1S/C31H41F3N4O7S/c1-19-15-23(37(7)28(41)45-29(4,5)6)16-20(2)25(19)17-21(3)46(42,43)38-13-11-30(12-14-38,27(35)40)36-26(39)22-9-8-10-24(18-22)44-31(32,33)34/h8-10,15-16,18,21H,11-14,17H2,1-7H3,(H2,35,40)(H,36,39). The van der Waals surface area contributed by atoms with Gasteiger partial charge in [0.05, 0.1) is 5.25 Å². The number of aryl methyl sites for hydroxylation is 2. The fraction of sp³-hybridized carbons (Fsp3) is 0.516. The van der Waals surface area contributed by atoms with Crippen LogP contribution >= 0.6 is 0 Å². The molecular formula is C31H41F3N4O7S. The summed E-state index contributed by atoms with van der Waals surface area (Å²) in [4.78, 5) is 39.4. The van der Waals surface area contributed by atoms with Crippen molar-refractivity contribution in [1.82, 2.24) is 9.62 Å². The number of amides is 3. The third kappa shape index (κ3) is 8.90. The lowest BCUT2D eigenvalue weighted by Crippen LogP contribution is -2.63. The molecule has 46 heavy (non-hydrogen) atoms. The number of rotatable bonds is 9. The highest BCUT2D eigenvalue weighted by molar-refractivity contribution is 7.89. The topological polar surface area (TPSA) is 148 Å². The molecule has 1 heterocycles. The van der Waals surface area contributed by atoms with Gasteiger partial charge in [-0.3, -0.25) is 14.5 Å². The van der Waals surface area contributed by atoms with Crippen molar-refractivity contribution in [1.29, 1.82) is 0 Å². The van der Waals surface area contributed by atoms with Gasteiger partial charge in [0.15, 0.2) is 0 Å². The van der Waals surface area contributed by atoms with Crippen LogP contribution in [0.5, 0.6) is 5.75 Å². The summed E-state index contributed by atoms with van der Waals surface area (Å²) in [7, 11) is -2.28. The Labute approximate surface area is 267 Å². The number of nitrogens with two attached hydrogens (primary N) is 1. The van der Waals surface area contributed by atoms with Crippen LogP contribution in [0.3, 0.4) is 0 Å². The van der Waals surface area contributed by atoms with E-state index in [4.69, 9.17) is 10.5 Å². The summed E-state index contributed by atoms with van der Waals surface area (Å²) in [5.74, 6) is -2.36. The number of benzene rings is 2. The van der Waals surface area contributed by atoms with Crippen molar-refractivity contribution in [2.45, 2.75) is 83.6 Å². The predicted molar refractivity (Wildman–Crippen MR) is 166 cm³/mol. The zero-order chi connectivity index (χ0) is 34.8. The van der Waals surface area contributed by atoms with Gasteiger partial charge in [0.2, 0.25) is 15.9 Å². The van der Waals surface area contributed by atoms with Crippen LogP contribution in [0.2, 0.25) is 0 Å². The number of nitrogens with zero attached hydrogens (tertiary/aromatic N) is 2. The minimum Gasteiger partial charge on any atom is -0.443 e. The summed E-state index contributed by atoms with van der Waals surface area (Å²) < 4.78 is 75.7. The van der Waals surface area contributed by atoms with E-state index in [-0.39, 0.29) is 37.9 Å². The van der Waals surface area contributed by atoms with Crippen molar-refractivity contribution in [2.24, 2.45) is 5.73 Å². The molecule has 1 aliphatic heterocycles.